The molecular weight excluding hydrogens is 1260 g/mol. The molecule has 5 aliphatic carbocycles. The van der Waals surface area contributed by atoms with Gasteiger partial charge in [0, 0.05) is 0 Å². The molecule has 0 aromatic carbocycles. The molecule has 10 fully saturated rings. The van der Waals surface area contributed by atoms with Crippen LogP contribution in [-0.4, -0.2) is 303 Å². The highest BCUT2D eigenvalue weighted by atomic mass is 16.8. The smallest absolute Gasteiger partial charge is 0.315 e. The van der Waals surface area contributed by atoms with Crippen molar-refractivity contribution in [1.82, 2.24) is 0 Å². The Hall–Kier alpha value is -1.91. The summed E-state index contributed by atoms with van der Waals surface area (Å²) in [5.74, 6) is -0.659. The molecule has 11 rings (SSSR count). The second-order valence-electron chi connectivity index (χ2n) is 31.5. The van der Waals surface area contributed by atoms with Crippen molar-refractivity contribution in [1.29, 1.82) is 0 Å². The molecule has 0 unspecified atom stereocenters. The highest BCUT2D eigenvalue weighted by Gasteiger charge is 2.70. The molecule has 17 N–H and O–H groups in total. The lowest BCUT2D eigenvalue weighted by atomic mass is 9.33. The van der Waals surface area contributed by atoms with Gasteiger partial charge in [0.25, 0.3) is 0 Å². The maximum Gasteiger partial charge on any atom is 0.315 e. The van der Waals surface area contributed by atoms with E-state index < -0.39 is 226 Å². The third-order valence-corrected chi connectivity index (χ3v) is 25.1. The van der Waals surface area contributed by atoms with Crippen molar-refractivity contribution in [3.63, 3.8) is 0 Å². The Balaban J connectivity index is 0.756. The Morgan fingerprint density at radius 3 is 1.61 bits per heavy atom. The first-order valence-corrected chi connectivity index (χ1v) is 34.0. The van der Waals surface area contributed by atoms with Crippen LogP contribution in [0, 0.1) is 50.2 Å². The minimum absolute atomic E-state index is 0.0894. The Kier molecular flexibility index (Phi) is 21.7. The van der Waals surface area contributed by atoms with Gasteiger partial charge in [-0.1, -0.05) is 60.1 Å². The maximum atomic E-state index is 15.3. The number of hydrogen-bond donors (Lipinski definition) is 17. The van der Waals surface area contributed by atoms with Gasteiger partial charge in [-0.3, -0.25) is 4.79 Å². The van der Waals surface area contributed by atoms with Crippen molar-refractivity contribution < 1.29 is 148 Å². The number of ether oxygens (including phenoxy) is 12. The molecule has 0 bridgehead atoms. The number of allylic oxidation sites excluding steroid dienone is 2. The van der Waals surface area contributed by atoms with Crippen molar-refractivity contribution >= 4 is 5.97 Å². The fourth-order valence-corrected chi connectivity index (χ4v) is 18.9. The summed E-state index contributed by atoms with van der Waals surface area (Å²) in [5.41, 5.74) is -1.51. The second-order valence-corrected chi connectivity index (χ2v) is 31.5. The van der Waals surface area contributed by atoms with Gasteiger partial charge in [-0.15, -0.1) is 0 Å². The van der Waals surface area contributed by atoms with Crippen LogP contribution in [0.1, 0.15) is 127 Å². The average Bonchev–Trinajstić information content (AvgIpc) is 0.675. The maximum absolute atomic E-state index is 15.3. The topological polar surface area (TPSA) is 472 Å². The highest BCUT2D eigenvalue weighted by molar-refractivity contribution is 5.79. The molecule has 0 amide bonds. The molecule has 0 spiro atoms. The molecule has 0 aromatic heterocycles. The third-order valence-electron chi connectivity index (χ3n) is 25.1. The number of rotatable bonds is 15. The molecule has 95 heavy (non-hydrogen) atoms. The lowest BCUT2D eigenvalue weighted by Gasteiger charge is -2.71. The first kappa shape index (κ1) is 74.3. The third kappa shape index (κ3) is 13.0. The summed E-state index contributed by atoms with van der Waals surface area (Å²) in [6, 6.07) is 0. The number of hydrogen-bond acceptors (Lipinski definition) is 30. The zero-order chi connectivity index (χ0) is 69.3. The van der Waals surface area contributed by atoms with Crippen molar-refractivity contribution in [3.8, 4) is 0 Å². The van der Waals surface area contributed by atoms with E-state index in [0.29, 0.717) is 44.9 Å². The van der Waals surface area contributed by atoms with Gasteiger partial charge in [0.05, 0.1) is 50.2 Å². The predicted molar refractivity (Wildman–Crippen MR) is 319 cm³/mol. The summed E-state index contributed by atoms with van der Waals surface area (Å²) in [4.78, 5) is 15.3. The zero-order valence-electron chi connectivity index (χ0n) is 55.4. The van der Waals surface area contributed by atoms with Gasteiger partial charge in [0.1, 0.15) is 128 Å². The summed E-state index contributed by atoms with van der Waals surface area (Å²) < 4.78 is 71.3. The van der Waals surface area contributed by atoms with Crippen LogP contribution in [0.4, 0.5) is 0 Å². The van der Waals surface area contributed by atoms with Gasteiger partial charge < -0.3 is 144 Å². The van der Waals surface area contributed by atoms with Gasteiger partial charge >= 0.3 is 5.97 Å². The Morgan fingerprint density at radius 1 is 0.495 bits per heavy atom. The van der Waals surface area contributed by atoms with Gasteiger partial charge in [0.15, 0.2) is 31.5 Å². The zero-order valence-corrected chi connectivity index (χ0v) is 55.4. The first-order valence-electron chi connectivity index (χ1n) is 34.0. The first-order chi connectivity index (χ1) is 44.5. The number of esters is 1. The van der Waals surface area contributed by atoms with Crippen LogP contribution in [0.3, 0.4) is 0 Å². The monoisotopic (exact) mass is 1370 g/mol. The van der Waals surface area contributed by atoms with Crippen LogP contribution in [-0.2, 0) is 61.6 Å². The minimum Gasteiger partial charge on any atom is -0.432 e. The Labute approximate surface area is 551 Å². The van der Waals surface area contributed by atoms with Crippen LogP contribution < -0.4 is 0 Å². The summed E-state index contributed by atoms with van der Waals surface area (Å²) in [6.45, 7) is 16.4. The lowest BCUT2D eigenvalue weighted by molar-refractivity contribution is -0.371. The minimum atomic E-state index is -1.91. The Bertz CT molecular complexity index is 2670. The van der Waals surface area contributed by atoms with Crippen LogP contribution in [0.15, 0.2) is 11.6 Å². The number of fused-ring (bicyclic) bond motifs is 7. The SMILES string of the molecule is C[C@@H]1O[C@@H](O[C@@H]2[C@H](O)[C@@H](O)[C@@H](OC[C@@H]3O[C@H](OC(=O)[C@]45CCC(C)(C)C[C@@H]4C4=CC[C@@H]6[C@]7(C)CC[C@@H](O[C@H]8OC[C@@H](O)[C@@H](O)[C@@H]8O[C@@H]8O[C@H](CO[C@@H]9O[C@H](C)[C@@H](O)[C@H](O)[C@H]9O)[C@H](O)[C@H](O)[C@@H]8O)C(C)(C)[C@@H]7CC[C@]6(C)[C@@]4(C)CC5)[C@@H](O)[C@H](O)[C@@H]3O)O[C@@H]2CO)[C@H](O)[C@@H](O)[C@H]1O. The van der Waals surface area contributed by atoms with Crippen molar-refractivity contribution in [2.24, 2.45) is 50.2 Å². The van der Waals surface area contributed by atoms with E-state index in [1.165, 1.54) is 19.4 Å². The van der Waals surface area contributed by atoms with E-state index in [2.05, 4.69) is 54.5 Å². The van der Waals surface area contributed by atoms with E-state index in [9.17, 15) is 86.8 Å². The van der Waals surface area contributed by atoms with Crippen LogP contribution in [0.5, 0.6) is 0 Å². The number of carbonyl (C=O) groups excluding carboxylic acids is 1. The summed E-state index contributed by atoms with van der Waals surface area (Å²) in [7, 11) is 0. The van der Waals surface area contributed by atoms with Crippen molar-refractivity contribution in [3.05, 3.63) is 11.6 Å². The quantitative estimate of drug-likeness (QED) is 0.0426. The van der Waals surface area contributed by atoms with Gasteiger partial charge in [-0.2, -0.15) is 0 Å². The molecule has 546 valence electrons. The molecule has 6 aliphatic heterocycles. The molecule has 0 aromatic rings. The second kappa shape index (κ2) is 27.7. The van der Waals surface area contributed by atoms with E-state index in [-0.39, 0.29) is 40.6 Å². The van der Waals surface area contributed by atoms with Crippen LogP contribution in [0.25, 0.3) is 0 Å². The Morgan fingerprint density at radius 2 is 1.00 bits per heavy atom. The molecular formula is C65H106O30. The van der Waals surface area contributed by atoms with Crippen molar-refractivity contribution in [2.75, 3.05) is 26.4 Å². The van der Waals surface area contributed by atoms with Gasteiger partial charge in [-0.25, -0.2) is 0 Å². The van der Waals surface area contributed by atoms with E-state index in [1.54, 1.807) is 0 Å². The van der Waals surface area contributed by atoms with Gasteiger partial charge in [0.2, 0.25) is 6.29 Å². The fraction of sp³-hybridized carbons (Fsp3) is 0.954. The molecule has 4 saturated carbocycles. The average molecular weight is 1370 g/mol. The largest absolute Gasteiger partial charge is 0.432 e. The molecule has 0 radical (unpaired) electrons. The normalized spacial score (nSPS) is 54.6. The summed E-state index contributed by atoms with van der Waals surface area (Å²) in [6.07, 6.45) is -38.2. The molecule has 11 aliphatic rings. The van der Waals surface area contributed by atoms with E-state index in [1.807, 2.05) is 0 Å². The molecule has 6 heterocycles. The van der Waals surface area contributed by atoms with Crippen molar-refractivity contribution in [2.45, 2.75) is 311 Å². The van der Waals surface area contributed by atoms with E-state index in [4.69, 9.17) is 56.8 Å². The lowest BCUT2D eigenvalue weighted by Crippen LogP contribution is -2.66. The van der Waals surface area contributed by atoms with Gasteiger partial charge in [-0.05, 0) is 123 Å². The number of aliphatic hydroxyl groups excluding tert-OH is 17. The predicted octanol–water partition coefficient (Wildman–Crippen LogP) is -3.69. The van der Waals surface area contributed by atoms with Crippen LogP contribution >= 0.6 is 0 Å². The number of aliphatic hydroxyl groups is 17. The van der Waals surface area contributed by atoms with E-state index in [0.717, 1.165) is 19.3 Å². The fourth-order valence-electron chi connectivity index (χ4n) is 18.9. The summed E-state index contributed by atoms with van der Waals surface area (Å²) in [5, 5.41) is 184. The molecule has 30 heteroatoms. The number of carbonyl (C=O) groups is 1. The standard InChI is InChI=1S/C65H106O30/c1-25-36(68)41(73)46(78)53(87-25)85-23-31-39(71)43(75)48(80)56(90-31)94-52-38(70)29(67)22-84-58(52)92-35-13-14-62(7)33(61(35,5)6)12-15-64(9)34(62)11-10-27-28-20-60(3,4)16-18-65(28,19-17-63(27,64)8)59(83)95-57-49(81)44(76)40(72)32(91-57)24-86-54-50(82)45(77)51(30(21-66)89-54)93-55-47(79)42(74)37(69)26(2)88-55/h10,25-26,28-58,66-82H,11-24H2,1-9H3/t25-,26+,28-,29-,30-,31-,32+,33+,34-,35-,36-,37+,38-,39+,40-,41+,42+,43+,44-,45-,46-,47-,48+,49+,50-,51+,52+,53-,54+,55+,56+,57-,58-,62-,63+,64+,65+/m1/s1. The molecule has 37 atom stereocenters. The molecule has 30 nitrogen and oxygen atoms in total. The summed E-state index contributed by atoms with van der Waals surface area (Å²) >= 11 is 0. The van der Waals surface area contributed by atoms with E-state index >= 15 is 4.79 Å². The highest BCUT2D eigenvalue weighted by Crippen LogP contribution is 2.76. The molecule has 6 saturated heterocycles. The van der Waals surface area contributed by atoms with Crippen LogP contribution in [0.2, 0.25) is 0 Å².